The van der Waals surface area contributed by atoms with Crippen molar-refractivity contribution in [1.29, 1.82) is 0 Å². The van der Waals surface area contributed by atoms with Crippen molar-refractivity contribution >= 4 is 11.6 Å². The van der Waals surface area contributed by atoms with Gasteiger partial charge in [-0.2, -0.15) is 0 Å². The number of rotatable bonds is 8. The van der Waals surface area contributed by atoms with E-state index in [2.05, 4.69) is 22.6 Å². The Morgan fingerprint density at radius 3 is 2.69 bits per heavy atom. The number of oxime groups is 1. The molecule has 1 aliphatic heterocycles. The van der Waals surface area contributed by atoms with Crippen LogP contribution in [0.5, 0.6) is 5.75 Å². The molecule has 0 bridgehead atoms. The largest absolute Gasteiger partial charge is 0.496 e. The zero-order valence-corrected chi connectivity index (χ0v) is 15.0. The van der Waals surface area contributed by atoms with Gasteiger partial charge in [0.1, 0.15) is 5.75 Å². The summed E-state index contributed by atoms with van der Waals surface area (Å²) in [6.07, 6.45) is 2.48. The predicted octanol–water partition coefficient (Wildman–Crippen LogP) is 3.13. The van der Waals surface area contributed by atoms with E-state index in [1.807, 2.05) is 42.5 Å². The molecule has 5 heteroatoms. The van der Waals surface area contributed by atoms with Crippen molar-refractivity contribution in [2.24, 2.45) is 5.16 Å². The van der Waals surface area contributed by atoms with Crippen LogP contribution in [0.4, 0.5) is 0 Å². The Morgan fingerprint density at radius 1 is 1.12 bits per heavy atom. The first kappa shape index (κ1) is 18.0. The van der Waals surface area contributed by atoms with Gasteiger partial charge in [-0.25, -0.2) is 0 Å². The second kappa shape index (κ2) is 9.04. The summed E-state index contributed by atoms with van der Waals surface area (Å²) in [5.41, 5.74) is 3.28. The number of amides is 1. The highest BCUT2D eigenvalue weighted by Crippen LogP contribution is 2.18. The number of benzene rings is 2. The molecule has 1 heterocycles. The van der Waals surface area contributed by atoms with Crippen LogP contribution >= 0.6 is 0 Å². The zero-order chi connectivity index (χ0) is 18.2. The number of carbonyl (C=O) groups excluding carboxylic acids is 1. The van der Waals surface area contributed by atoms with E-state index < -0.39 is 6.10 Å². The van der Waals surface area contributed by atoms with E-state index in [1.165, 1.54) is 5.56 Å². The number of hydrogen-bond acceptors (Lipinski definition) is 4. The molecule has 1 amide bonds. The lowest BCUT2D eigenvalue weighted by molar-refractivity contribution is -0.131. The first-order valence-corrected chi connectivity index (χ1v) is 8.91. The fraction of sp³-hybridized carbons (Fsp3) is 0.333. The number of para-hydroxylation sites is 1. The summed E-state index contributed by atoms with van der Waals surface area (Å²) < 4.78 is 5.32. The van der Waals surface area contributed by atoms with Gasteiger partial charge in [0.2, 0.25) is 6.10 Å². The molecule has 136 valence electrons. The first-order valence-electron chi connectivity index (χ1n) is 8.91. The van der Waals surface area contributed by atoms with Crippen LogP contribution in [-0.2, 0) is 22.5 Å². The van der Waals surface area contributed by atoms with E-state index >= 15 is 0 Å². The van der Waals surface area contributed by atoms with Crippen LogP contribution in [-0.4, -0.2) is 31.4 Å². The van der Waals surface area contributed by atoms with E-state index in [4.69, 9.17) is 9.57 Å². The molecule has 0 unspecified atom stereocenters. The first-order chi connectivity index (χ1) is 12.8. The van der Waals surface area contributed by atoms with Crippen LogP contribution in [0, 0.1) is 0 Å². The molecule has 1 aliphatic rings. The fourth-order valence-electron chi connectivity index (χ4n) is 2.99. The Labute approximate surface area is 154 Å². The number of aryl methyl sites for hydroxylation is 1. The van der Waals surface area contributed by atoms with Gasteiger partial charge < -0.3 is 14.9 Å². The second-order valence-electron chi connectivity index (χ2n) is 6.29. The summed E-state index contributed by atoms with van der Waals surface area (Å²) in [5, 5.41) is 7.01. The van der Waals surface area contributed by atoms with Gasteiger partial charge in [-0.05, 0) is 36.5 Å². The highest BCUT2D eigenvalue weighted by atomic mass is 16.6. The van der Waals surface area contributed by atoms with Crippen LogP contribution in [0.2, 0.25) is 0 Å². The van der Waals surface area contributed by atoms with Gasteiger partial charge in [0, 0.05) is 13.0 Å². The highest BCUT2D eigenvalue weighted by Gasteiger charge is 2.27. The van der Waals surface area contributed by atoms with Crippen LogP contribution in [0.25, 0.3) is 0 Å². The van der Waals surface area contributed by atoms with Gasteiger partial charge in [0.15, 0.2) is 0 Å². The third-order valence-electron chi connectivity index (χ3n) is 4.45. The van der Waals surface area contributed by atoms with Gasteiger partial charge in [0.05, 0.1) is 12.8 Å². The monoisotopic (exact) mass is 352 g/mol. The van der Waals surface area contributed by atoms with Crippen LogP contribution < -0.4 is 10.1 Å². The van der Waals surface area contributed by atoms with Gasteiger partial charge in [-0.15, -0.1) is 0 Å². The van der Waals surface area contributed by atoms with Crippen molar-refractivity contribution in [3.8, 4) is 5.75 Å². The molecule has 0 aromatic heterocycles. The van der Waals surface area contributed by atoms with Gasteiger partial charge >= 0.3 is 0 Å². The molecular formula is C21H24N2O3. The van der Waals surface area contributed by atoms with Crippen molar-refractivity contribution in [2.75, 3.05) is 13.7 Å². The topological polar surface area (TPSA) is 59.9 Å². The minimum Gasteiger partial charge on any atom is -0.496 e. The number of hydrogen-bond donors (Lipinski definition) is 1. The van der Waals surface area contributed by atoms with Crippen molar-refractivity contribution in [3.05, 3.63) is 65.7 Å². The third-order valence-corrected chi connectivity index (χ3v) is 4.45. The third kappa shape index (κ3) is 4.85. The SMILES string of the molecule is COc1ccccc1CCNC(=O)[C@@H]1CC(CCc2ccccc2)=NO1. The lowest BCUT2D eigenvalue weighted by atomic mass is 10.0. The van der Waals surface area contributed by atoms with Gasteiger partial charge in [-0.3, -0.25) is 4.79 Å². The summed E-state index contributed by atoms with van der Waals surface area (Å²) in [4.78, 5) is 17.6. The van der Waals surface area contributed by atoms with E-state index in [-0.39, 0.29) is 5.91 Å². The Morgan fingerprint density at radius 2 is 1.88 bits per heavy atom. The maximum atomic E-state index is 12.3. The summed E-state index contributed by atoms with van der Waals surface area (Å²) in [5.74, 6) is 0.726. The molecule has 2 aromatic rings. The van der Waals surface area contributed by atoms with Crippen LogP contribution in [0.1, 0.15) is 24.0 Å². The Bertz CT molecular complexity index is 759. The van der Waals surface area contributed by atoms with Crippen LogP contribution in [0.15, 0.2) is 59.8 Å². The maximum Gasteiger partial charge on any atom is 0.264 e. The lowest BCUT2D eigenvalue weighted by Gasteiger charge is -2.11. The van der Waals surface area contributed by atoms with E-state index in [9.17, 15) is 4.79 Å². The molecule has 2 aromatic carbocycles. The van der Waals surface area contributed by atoms with E-state index in [0.717, 1.165) is 29.9 Å². The average molecular weight is 352 g/mol. The maximum absolute atomic E-state index is 12.3. The molecule has 3 rings (SSSR count). The zero-order valence-electron chi connectivity index (χ0n) is 15.0. The average Bonchev–Trinajstić information content (AvgIpc) is 3.17. The number of methoxy groups -OCH3 is 1. The van der Waals surface area contributed by atoms with E-state index in [0.29, 0.717) is 19.4 Å². The summed E-state index contributed by atoms with van der Waals surface area (Å²) in [6, 6.07) is 18.1. The molecule has 1 atom stereocenters. The van der Waals surface area contributed by atoms with Crippen molar-refractivity contribution < 1.29 is 14.4 Å². The molecular weight excluding hydrogens is 328 g/mol. The molecule has 0 radical (unpaired) electrons. The normalized spacial score (nSPS) is 15.9. The second-order valence-corrected chi connectivity index (χ2v) is 6.29. The molecule has 0 fully saturated rings. The molecule has 26 heavy (non-hydrogen) atoms. The standard InChI is InChI=1S/C21H24N2O3/c1-25-19-10-6-5-9-17(19)13-14-22-21(24)20-15-18(23-26-20)12-11-16-7-3-2-4-8-16/h2-10,20H,11-15H2,1H3,(H,22,24)/t20-/m0/s1. The lowest BCUT2D eigenvalue weighted by Crippen LogP contribution is -2.36. The van der Waals surface area contributed by atoms with Crippen molar-refractivity contribution in [3.63, 3.8) is 0 Å². The Hall–Kier alpha value is -2.82. The molecule has 1 N–H and O–H groups in total. The van der Waals surface area contributed by atoms with Gasteiger partial charge in [-0.1, -0.05) is 53.7 Å². The molecule has 0 spiro atoms. The summed E-state index contributed by atoms with van der Waals surface area (Å²) in [7, 11) is 1.65. The number of nitrogens with one attached hydrogen (secondary N) is 1. The number of carbonyl (C=O) groups is 1. The van der Waals surface area contributed by atoms with Crippen LogP contribution in [0.3, 0.4) is 0 Å². The minimum atomic E-state index is -0.515. The molecule has 0 saturated carbocycles. The predicted molar refractivity (Wildman–Crippen MR) is 101 cm³/mol. The number of ether oxygens (including phenoxy) is 1. The fourth-order valence-corrected chi connectivity index (χ4v) is 2.99. The highest BCUT2D eigenvalue weighted by molar-refractivity contribution is 5.92. The Kier molecular flexibility index (Phi) is 6.25. The quantitative estimate of drug-likeness (QED) is 0.794. The molecule has 0 saturated heterocycles. The van der Waals surface area contributed by atoms with Crippen molar-refractivity contribution in [1.82, 2.24) is 5.32 Å². The van der Waals surface area contributed by atoms with E-state index in [1.54, 1.807) is 7.11 Å². The molecule has 0 aliphatic carbocycles. The summed E-state index contributed by atoms with van der Waals surface area (Å²) in [6.45, 7) is 0.540. The summed E-state index contributed by atoms with van der Waals surface area (Å²) >= 11 is 0. The van der Waals surface area contributed by atoms with Crippen molar-refractivity contribution in [2.45, 2.75) is 31.8 Å². The smallest absolute Gasteiger partial charge is 0.264 e. The number of nitrogens with zero attached hydrogens (tertiary/aromatic N) is 1. The minimum absolute atomic E-state index is 0.113. The molecule has 5 nitrogen and oxygen atoms in total. The van der Waals surface area contributed by atoms with Gasteiger partial charge in [0.25, 0.3) is 5.91 Å². The Balaban J connectivity index is 1.40.